The van der Waals surface area contributed by atoms with Crippen molar-refractivity contribution in [3.8, 4) is 0 Å². The summed E-state index contributed by atoms with van der Waals surface area (Å²) < 4.78 is 0. The van der Waals surface area contributed by atoms with E-state index in [9.17, 15) is 4.79 Å². The van der Waals surface area contributed by atoms with E-state index in [2.05, 4.69) is 21.3 Å². The first-order chi connectivity index (χ1) is 10.7. The second-order valence-electron chi connectivity index (χ2n) is 5.46. The van der Waals surface area contributed by atoms with E-state index in [0.29, 0.717) is 13.1 Å². The van der Waals surface area contributed by atoms with E-state index in [-0.39, 0.29) is 6.03 Å². The van der Waals surface area contributed by atoms with Gasteiger partial charge in [0.1, 0.15) is 5.82 Å². The first-order valence-electron chi connectivity index (χ1n) is 7.51. The maximum atomic E-state index is 12.2. The highest BCUT2D eigenvalue weighted by Crippen LogP contribution is 2.15. The number of pyridine rings is 1. The molecule has 1 saturated heterocycles. The van der Waals surface area contributed by atoms with E-state index in [1.165, 1.54) is 0 Å². The third kappa shape index (κ3) is 3.36. The third-order valence-corrected chi connectivity index (χ3v) is 3.81. The molecule has 1 aliphatic rings. The molecule has 0 spiro atoms. The van der Waals surface area contributed by atoms with Gasteiger partial charge < -0.3 is 15.1 Å². The molecular formula is C17H20N4O. The van der Waals surface area contributed by atoms with Crippen LogP contribution in [0.1, 0.15) is 5.56 Å². The van der Waals surface area contributed by atoms with Gasteiger partial charge >= 0.3 is 6.03 Å². The fraction of sp³-hybridized carbons (Fsp3) is 0.294. The van der Waals surface area contributed by atoms with E-state index < -0.39 is 0 Å². The predicted molar refractivity (Wildman–Crippen MR) is 88.2 cm³/mol. The van der Waals surface area contributed by atoms with Gasteiger partial charge in [-0.05, 0) is 30.7 Å². The van der Waals surface area contributed by atoms with E-state index in [1.807, 2.05) is 54.4 Å². The molecule has 22 heavy (non-hydrogen) atoms. The van der Waals surface area contributed by atoms with Crippen LogP contribution in [0.15, 0.2) is 48.7 Å². The highest BCUT2D eigenvalue weighted by Gasteiger charge is 2.21. The molecule has 1 aromatic carbocycles. The number of urea groups is 1. The van der Waals surface area contributed by atoms with Gasteiger partial charge in [-0.1, -0.05) is 24.3 Å². The fourth-order valence-electron chi connectivity index (χ4n) is 2.51. The summed E-state index contributed by atoms with van der Waals surface area (Å²) in [6.07, 6.45) is 1.88. The standard InChI is InChI=1S/C17H20N4O/c1-14-7-8-16(18-13-14)20-9-11-21(12-10-20)17(22)19-15-5-3-2-4-6-15/h2-8,13H,9-12H2,1H3,(H,19,22). The number of aryl methyl sites for hydroxylation is 1. The largest absolute Gasteiger partial charge is 0.353 e. The summed E-state index contributed by atoms with van der Waals surface area (Å²) in [5.74, 6) is 0.980. The molecule has 1 aromatic heterocycles. The maximum Gasteiger partial charge on any atom is 0.321 e. The van der Waals surface area contributed by atoms with Gasteiger partial charge in [-0.2, -0.15) is 0 Å². The van der Waals surface area contributed by atoms with Crippen LogP contribution in [0.3, 0.4) is 0 Å². The summed E-state index contributed by atoms with van der Waals surface area (Å²) in [6.45, 7) is 5.04. The lowest BCUT2D eigenvalue weighted by Crippen LogP contribution is -2.50. The average molecular weight is 296 g/mol. The molecule has 0 radical (unpaired) electrons. The molecule has 1 fully saturated rings. The third-order valence-electron chi connectivity index (χ3n) is 3.81. The van der Waals surface area contributed by atoms with Gasteiger partial charge in [0.05, 0.1) is 0 Å². The molecule has 0 unspecified atom stereocenters. The molecular weight excluding hydrogens is 276 g/mol. The number of aromatic nitrogens is 1. The number of carbonyl (C=O) groups is 1. The SMILES string of the molecule is Cc1ccc(N2CCN(C(=O)Nc3ccccc3)CC2)nc1. The topological polar surface area (TPSA) is 48.5 Å². The maximum absolute atomic E-state index is 12.2. The highest BCUT2D eigenvalue weighted by atomic mass is 16.2. The Kier molecular flexibility index (Phi) is 4.23. The Labute approximate surface area is 130 Å². The molecule has 0 atom stereocenters. The molecule has 0 aliphatic carbocycles. The van der Waals surface area contributed by atoms with Crippen LogP contribution in [0, 0.1) is 6.92 Å². The Balaban J connectivity index is 1.55. The first kappa shape index (κ1) is 14.4. The number of para-hydroxylation sites is 1. The van der Waals surface area contributed by atoms with Crippen LogP contribution in [-0.4, -0.2) is 42.1 Å². The van der Waals surface area contributed by atoms with Crippen molar-refractivity contribution >= 4 is 17.5 Å². The zero-order chi connectivity index (χ0) is 15.4. The van der Waals surface area contributed by atoms with Gasteiger partial charge in [0.2, 0.25) is 0 Å². The molecule has 0 bridgehead atoms. The first-order valence-corrected chi connectivity index (χ1v) is 7.51. The molecule has 2 aromatic rings. The number of anilines is 2. The summed E-state index contributed by atoms with van der Waals surface area (Å²) in [5, 5.41) is 2.93. The van der Waals surface area contributed by atoms with Gasteiger partial charge in [0.25, 0.3) is 0 Å². The van der Waals surface area contributed by atoms with Crippen LogP contribution in [0.4, 0.5) is 16.3 Å². The lowest BCUT2D eigenvalue weighted by molar-refractivity contribution is 0.208. The van der Waals surface area contributed by atoms with E-state index in [4.69, 9.17) is 0 Å². The van der Waals surface area contributed by atoms with Crippen molar-refractivity contribution in [3.05, 3.63) is 54.2 Å². The Morgan fingerprint density at radius 3 is 2.41 bits per heavy atom. The Bertz CT molecular complexity index is 619. The molecule has 2 heterocycles. The molecule has 3 rings (SSSR count). The quantitative estimate of drug-likeness (QED) is 0.927. The number of carbonyl (C=O) groups excluding carboxylic acids is 1. The van der Waals surface area contributed by atoms with E-state index in [0.717, 1.165) is 30.2 Å². The van der Waals surface area contributed by atoms with Crippen LogP contribution in [-0.2, 0) is 0 Å². The van der Waals surface area contributed by atoms with Crippen molar-refractivity contribution in [2.24, 2.45) is 0 Å². The number of nitrogens with zero attached hydrogens (tertiary/aromatic N) is 3. The number of benzene rings is 1. The van der Waals surface area contributed by atoms with Crippen molar-refractivity contribution in [1.82, 2.24) is 9.88 Å². The summed E-state index contributed by atoms with van der Waals surface area (Å²) in [4.78, 5) is 20.7. The van der Waals surface area contributed by atoms with Crippen LogP contribution in [0.25, 0.3) is 0 Å². The number of piperazine rings is 1. The Morgan fingerprint density at radius 1 is 1.05 bits per heavy atom. The minimum atomic E-state index is -0.0392. The smallest absolute Gasteiger partial charge is 0.321 e. The lowest BCUT2D eigenvalue weighted by Gasteiger charge is -2.35. The Morgan fingerprint density at radius 2 is 1.77 bits per heavy atom. The fourth-order valence-corrected chi connectivity index (χ4v) is 2.51. The monoisotopic (exact) mass is 296 g/mol. The summed E-state index contributed by atoms with van der Waals surface area (Å²) in [6, 6.07) is 13.6. The van der Waals surface area contributed by atoms with Gasteiger partial charge in [0, 0.05) is 38.1 Å². The second-order valence-corrected chi connectivity index (χ2v) is 5.46. The number of amides is 2. The lowest BCUT2D eigenvalue weighted by atomic mass is 10.3. The molecule has 5 heteroatoms. The van der Waals surface area contributed by atoms with Gasteiger partial charge in [-0.25, -0.2) is 9.78 Å². The zero-order valence-electron chi connectivity index (χ0n) is 12.7. The average Bonchev–Trinajstić information content (AvgIpc) is 2.57. The number of rotatable bonds is 2. The number of hydrogen-bond donors (Lipinski definition) is 1. The van der Waals surface area contributed by atoms with Crippen LogP contribution in [0.2, 0.25) is 0 Å². The van der Waals surface area contributed by atoms with Crippen molar-refractivity contribution < 1.29 is 4.79 Å². The second kappa shape index (κ2) is 6.47. The van der Waals surface area contributed by atoms with Crippen LogP contribution >= 0.6 is 0 Å². The zero-order valence-corrected chi connectivity index (χ0v) is 12.7. The summed E-state index contributed by atoms with van der Waals surface area (Å²) in [7, 11) is 0. The number of hydrogen-bond acceptors (Lipinski definition) is 3. The van der Waals surface area contributed by atoms with E-state index in [1.54, 1.807) is 0 Å². The minimum Gasteiger partial charge on any atom is -0.353 e. The van der Waals surface area contributed by atoms with Crippen molar-refractivity contribution in [2.75, 3.05) is 36.4 Å². The molecule has 1 aliphatic heterocycles. The number of nitrogens with one attached hydrogen (secondary N) is 1. The molecule has 114 valence electrons. The van der Waals surface area contributed by atoms with Gasteiger partial charge in [0.15, 0.2) is 0 Å². The highest BCUT2D eigenvalue weighted by molar-refractivity contribution is 5.89. The molecule has 0 saturated carbocycles. The van der Waals surface area contributed by atoms with E-state index >= 15 is 0 Å². The van der Waals surface area contributed by atoms with Gasteiger partial charge in [-0.15, -0.1) is 0 Å². The van der Waals surface area contributed by atoms with Crippen molar-refractivity contribution in [2.45, 2.75) is 6.92 Å². The molecule has 2 amide bonds. The minimum absolute atomic E-state index is 0.0392. The Hall–Kier alpha value is -2.56. The normalized spacial score (nSPS) is 14.8. The van der Waals surface area contributed by atoms with Crippen molar-refractivity contribution in [1.29, 1.82) is 0 Å². The van der Waals surface area contributed by atoms with Crippen molar-refractivity contribution in [3.63, 3.8) is 0 Å². The molecule has 5 nitrogen and oxygen atoms in total. The van der Waals surface area contributed by atoms with Gasteiger partial charge in [-0.3, -0.25) is 0 Å². The van der Waals surface area contributed by atoms with Crippen LogP contribution < -0.4 is 10.2 Å². The van der Waals surface area contributed by atoms with Crippen LogP contribution in [0.5, 0.6) is 0 Å². The summed E-state index contributed by atoms with van der Waals surface area (Å²) in [5.41, 5.74) is 1.99. The predicted octanol–water partition coefficient (Wildman–Crippen LogP) is 2.74. The summed E-state index contributed by atoms with van der Waals surface area (Å²) >= 11 is 0. The molecule has 1 N–H and O–H groups in total.